The van der Waals surface area contributed by atoms with E-state index in [1.165, 1.54) is 26.4 Å². The van der Waals surface area contributed by atoms with Crippen molar-refractivity contribution in [2.75, 3.05) is 0 Å². The van der Waals surface area contributed by atoms with Crippen molar-refractivity contribution in [1.29, 1.82) is 0 Å². The predicted molar refractivity (Wildman–Crippen MR) is 111 cm³/mol. The van der Waals surface area contributed by atoms with Gasteiger partial charge in [-0.3, -0.25) is 14.4 Å². The van der Waals surface area contributed by atoms with Crippen LogP contribution in [0.4, 0.5) is 0 Å². The van der Waals surface area contributed by atoms with Crippen LogP contribution in [0.25, 0.3) is 0 Å². The maximum Gasteiger partial charge on any atom is 0.328 e. The number of carbonyl (C=O) groups excluding carboxylic acids is 3. The van der Waals surface area contributed by atoms with Crippen LogP contribution >= 0.6 is 0 Å². The Bertz CT molecular complexity index is 751. The van der Waals surface area contributed by atoms with Crippen LogP contribution in [0.3, 0.4) is 0 Å². The number of carbonyl (C=O) groups is 4. The molecular weight excluding hydrogens is 408 g/mol. The van der Waals surface area contributed by atoms with Gasteiger partial charge in [0.1, 0.15) is 12.1 Å². The van der Waals surface area contributed by atoms with E-state index in [0.717, 1.165) is 0 Å². The number of aromatic amines is 1. The fourth-order valence-corrected chi connectivity index (χ4v) is 2.77. The number of hydrogen-bond donors (Lipinski definition) is 7. The first-order valence-corrected chi connectivity index (χ1v) is 9.97. The fourth-order valence-electron chi connectivity index (χ4n) is 2.77. The minimum absolute atomic E-state index is 0.0751. The van der Waals surface area contributed by atoms with Gasteiger partial charge in [0.15, 0.2) is 6.04 Å². The van der Waals surface area contributed by atoms with Gasteiger partial charge >= 0.3 is 5.97 Å². The number of nitrogens with one attached hydrogen (secondary N) is 4. The Morgan fingerprint density at radius 3 is 2.19 bits per heavy atom. The number of carboxylic acids is 1. The molecule has 1 aromatic rings. The average Bonchev–Trinajstić information content (AvgIpc) is 3.17. The monoisotopic (exact) mass is 440 g/mol. The lowest BCUT2D eigenvalue weighted by molar-refractivity contribution is -0.145. The maximum absolute atomic E-state index is 12.8. The summed E-state index contributed by atoms with van der Waals surface area (Å²) in [5, 5.41) is 25.8. The minimum atomic E-state index is -1.53. The molecule has 0 aliphatic carbocycles. The lowest BCUT2D eigenvalue weighted by atomic mass is 10.0. The topological polar surface area (TPSA) is 200 Å². The van der Waals surface area contributed by atoms with Crippen LogP contribution in [-0.4, -0.2) is 74.1 Å². The third kappa shape index (κ3) is 8.72. The second-order valence-corrected chi connectivity index (χ2v) is 7.87. The Kier molecular flexibility index (Phi) is 10.1. The molecule has 174 valence electrons. The van der Waals surface area contributed by atoms with Crippen LogP contribution in [0.1, 0.15) is 39.8 Å². The number of aliphatic hydroxyl groups is 1. The normalized spacial score (nSPS) is 16.0. The molecular formula is C19H32N6O6. The van der Waals surface area contributed by atoms with Gasteiger partial charge in [-0.15, -0.1) is 0 Å². The van der Waals surface area contributed by atoms with E-state index < -0.39 is 54.0 Å². The van der Waals surface area contributed by atoms with E-state index in [1.54, 1.807) is 0 Å². The number of carboxylic acid groups (broad SMARTS) is 1. The number of H-pyrrole nitrogens is 1. The van der Waals surface area contributed by atoms with Crippen molar-refractivity contribution in [3.8, 4) is 0 Å². The highest BCUT2D eigenvalue weighted by atomic mass is 16.4. The largest absolute Gasteiger partial charge is 0.480 e. The molecule has 0 aromatic carbocycles. The quantitative estimate of drug-likeness (QED) is 0.199. The number of imidazole rings is 1. The highest BCUT2D eigenvalue weighted by Crippen LogP contribution is 2.05. The molecule has 12 heteroatoms. The van der Waals surface area contributed by atoms with Gasteiger partial charge in [-0.2, -0.15) is 0 Å². The average molecular weight is 441 g/mol. The molecule has 0 saturated heterocycles. The summed E-state index contributed by atoms with van der Waals surface area (Å²) in [6.07, 6.45) is 2.09. The van der Waals surface area contributed by atoms with E-state index in [-0.39, 0.29) is 12.3 Å². The van der Waals surface area contributed by atoms with Crippen molar-refractivity contribution in [2.24, 2.45) is 11.7 Å². The third-order valence-corrected chi connectivity index (χ3v) is 4.47. The van der Waals surface area contributed by atoms with Gasteiger partial charge in [-0.25, -0.2) is 9.78 Å². The first-order valence-electron chi connectivity index (χ1n) is 9.97. The summed E-state index contributed by atoms with van der Waals surface area (Å²) in [7, 11) is 0. The third-order valence-electron chi connectivity index (χ3n) is 4.47. The number of aliphatic hydroxyl groups excluding tert-OH is 1. The Balaban J connectivity index is 2.85. The number of nitrogens with zero attached hydrogens (tertiary/aromatic N) is 1. The highest BCUT2D eigenvalue weighted by molar-refractivity contribution is 5.94. The van der Waals surface area contributed by atoms with Crippen molar-refractivity contribution < 1.29 is 29.4 Å². The van der Waals surface area contributed by atoms with Gasteiger partial charge in [0.25, 0.3) is 0 Å². The first-order chi connectivity index (χ1) is 14.4. The van der Waals surface area contributed by atoms with Gasteiger partial charge in [0.2, 0.25) is 17.7 Å². The van der Waals surface area contributed by atoms with Crippen molar-refractivity contribution in [3.63, 3.8) is 0 Å². The number of amides is 3. The Labute approximate surface area is 180 Å². The molecule has 0 bridgehead atoms. The summed E-state index contributed by atoms with van der Waals surface area (Å²) in [6, 6.07) is -4.51. The van der Waals surface area contributed by atoms with Crippen LogP contribution in [0.2, 0.25) is 0 Å². The number of rotatable bonds is 12. The zero-order valence-electron chi connectivity index (χ0n) is 18.1. The second-order valence-electron chi connectivity index (χ2n) is 7.87. The first kappa shape index (κ1) is 26.0. The summed E-state index contributed by atoms with van der Waals surface area (Å²) in [4.78, 5) is 55.3. The van der Waals surface area contributed by atoms with E-state index in [2.05, 4.69) is 25.9 Å². The Morgan fingerprint density at radius 2 is 1.71 bits per heavy atom. The fraction of sp³-hybridized carbons (Fsp3) is 0.632. The standard InChI is InChI=1S/C19H32N6O6/c1-9(2)5-13(20)17(28)24-14(6-12-7-21-8-22-12)18(29)23-10(3)16(27)25-15(11(4)26)19(30)31/h7-11,13-15,26H,5-6,20H2,1-4H3,(H,21,22)(H,23,29)(H,24,28)(H,25,27)(H,30,31). The number of hydrogen-bond acceptors (Lipinski definition) is 7. The smallest absolute Gasteiger partial charge is 0.328 e. The molecule has 12 nitrogen and oxygen atoms in total. The molecule has 0 saturated carbocycles. The van der Waals surface area contributed by atoms with Crippen molar-refractivity contribution in [1.82, 2.24) is 25.9 Å². The zero-order valence-corrected chi connectivity index (χ0v) is 18.1. The van der Waals surface area contributed by atoms with Crippen molar-refractivity contribution in [2.45, 2.75) is 70.8 Å². The Hall–Kier alpha value is -2.99. The molecule has 0 spiro atoms. The lowest BCUT2D eigenvalue weighted by Gasteiger charge is -2.24. The minimum Gasteiger partial charge on any atom is -0.480 e. The van der Waals surface area contributed by atoms with Gasteiger partial charge in [0.05, 0.1) is 18.5 Å². The lowest BCUT2D eigenvalue weighted by Crippen LogP contribution is -2.58. The summed E-state index contributed by atoms with van der Waals surface area (Å²) in [5.41, 5.74) is 6.47. The molecule has 0 fully saturated rings. The van der Waals surface area contributed by atoms with Gasteiger partial charge < -0.3 is 36.9 Å². The van der Waals surface area contributed by atoms with Gasteiger partial charge in [-0.05, 0) is 26.2 Å². The van der Waals surface area contributed by atoms with E-state index in [0.29, 0.717) is 12.1 Å². The zero-order chi connectivity index (χ0) is 23.7. The molecule has 1 rings (SSSR count). The van der Waals surface area contributed by atoms with Crippen molar-refractivity contribution >= 4 is 23.7 Å². The summed E-state index contributed by atoms with van der Waals surface area (Å²) >= 11 is 0. The van der Waals surface area contributed by atoms with E-state index in [1.807, 2.05) is 13.8 Å². The van der Waals surface area contributed by atoms with E-state index >= 15 is 0 Å². The maximum atomic E-state index is 12.8. The van der Waals surface area contributed by atoms with Gasteiger partial charge in [0, 0.05) is 18.3 Å². The summed E-state index contributed by atoms with van der Waals surface area (Å²) in [6.45, 7) is 6.41. The summed E-state index contributed by atoms with van der Waals surface area (Å²) in [5.74, 6) is -3.20. The molecule has 3 amide bonds. The van der Waals surface area contributed by atoms with Crippen LogP contribution in [-0.2, 0) is 25.6 Å². The molecule has 8 N–H and O–H groups in total. The second kappa shape index (κ2) is 12.0. The molecule has 1 heterocycles. The Morgan fingerprint density at radius 1 is 1.06 bits per heavy atom. The van der Waals surface area contributed by atoms with E-state index in [9.17, 15) is 24.3 Å². The summed E-state index contributed by atoms with van der Waals surface area (Å²) < 4.78 is 0. The van der Waals surface area contributed by atoms with Crippen LogP contribution in [0, 0.1) is 5.92 Å². The van der Waals surface area contributed by atoms with Crippen molar-refractivity contribution in [3.05, 3.63) is 18.2 Å². The number of aromatic nitrogens is 2. The highest BCUT2D eigenvalue weighted by Gasteiger charge is 2.30. The SMILES string of the molecule is CC(C)CC(N)C(=O)NC(Cc1cnc[nH]1)C(=O)NC(C)C(=O)NC(C(=O)O)C(C)O. The molecule has 1 aromatic heterocycles. The molecule has 0 aliphatic heterocycles. The molecule has 0 aliphatic rings. The van der Waals surface area contributed by atoms with Gasteiger partial charge in [-0.1, -0.05) is 13.8 Å². The number of aliphatic carboxylic acids is 1. The molecule has 0 radical (unpaired) electrons. The predicted octanol–water partition coefficient (Wildman–Crippen LogP) is -1.73. The molecule has 5 unspecified atom stereocenters. The molecule has 5 atom stereocenters. The van der Waals surface area contributed by atoms with Crippen LogP contribution < -0.4 is 21.7 Å². The molecule has 31 heavy (non-hydrogen) atoms. The van der Waals surface area contributed by atoms with Crippen LogP contribution in [0.15, 0.2) is 12.5 Å². The number of nitrogens with two attached hydrogens (primary N) is 1. The van der Waals surface area contributed by atoms with E-state index in [4.69, 9.17) is 10.8 Å². The van der Waals surface area contributed by atoms with Crippen LogP contribution in [0.5, 0.6) is 0 Å².